The van der Waals surface area contributed by atoms with E-state index in [1.807, 2.05) is 31.3 Å². The standard InChI is InChI=1S/C16H18N4O/c1-12-6-7-15-18-16(19-20(15)10-12)17-9-13-4-3-5-14(8-13)11-21-2/h3-8,10H,9,11H2,1-2H3,(H,17,19). The molecular formula is C16H18N4O. The van der Waals surface area contributed by atoms with Crippen molar-refractivity contribution in [3.05, 3.63) is 59.3 Å². The molecule has 0 saturated heterocycles. The van der Waals surface area contributed by atoms with E-state index in [0.29, 0.717) is 19.1 Å². The van der Waals surface area contributed by atoms with Crippen molar-refractivity contribution in [3.8, 4) is 0 Å². The zero-order valence-corrected chi connectivity index (χ0v) is 12.2. The zero-order valence-electron chi connectivity index (χ0n) is 12.2. The van der Waals surface area contributed by atoms with Gasteiger partial charge in [0, 0.05) is 19.9 Å². The Bertz CT molecular complexity index is 751. The Morgan fingerprint density at radius 1 is 1.19 bits per heavy atom. The van der Waals surface area contributed by atoms with Crippen molar-refractivity contribution in [1.29, 1.82) is 0 Å². The molecule has 0 bridgehead atoms. The van der Waals surface area contributed by atoms with Crippen molar-refractivity contribution in [2.45, 2.75) is 20.1 Å². The van der Waals surface area contributed by atoms with E-state index in [-0.39, 0.29) is 0 Å². The Morgan fingerprint density at radius 2 is 2.05 bits per heavy atom. The van der Waals surface area contributed by atoms with Crippen LogP contribution in [0.15, 0.2) is 42.6 Å². The summed E-state index contributed by atoms with van der Waals surface area (Å²) < 4.78 is 6.94. The number of ether oxygens (including phenoxy) is 1. The highest BCUT2D eigenvalue weighted by Crippen LogP contribution is 2.10. The number of aryl methyl sites for hydroxylation is 1. The van der Waals surface area contributed by atoms with Gasteiger partial charge in [0.1, 0.15) is 0 Å². The molecule has 2 heterocycles. The Hall–Kier alpha value is -2.40. The molecule has 0 aliphatic rings. The first-order valence-corrected chi connectivity index (χ1v) is 6.88. The first-order valence-electron chi connectivity index (χ1n) is 6.88. The highest BCUT2D eigenvalue weighted by Gasteiger charge is 2.03. The SMILES string of the molecule is COCc1cccc(CNc2nc3ccc(C)cn3n2)c1. The maximum Gasteiger partial charge on any atom is 0.243 e. The minimum absolute atomic E-state index is 0.625. The summed E-state index contributed by atoms with van der Waals surface area (Å²) in [5.74, 6) is 0.637. The quantitative estimate of drug-likeness (QED) is 0.782. The maximum atomic E-state index is 5.15. The summed E-state index contributed by atoms with van der Waals surface area (Å²) in [4.78, 5) is 4.44. The molecule has 0 spiro atoms. The number of nitrogens with one attached hydrogen (secondary N) is 1. The Balaban J connectivity index is 1.72. The van der Waals surface area contributed by atoms with E-state index >= 15 is 0 Å². The summed E-state index contributed by atoms with van der Waals surface area (Å²) in [6, 6.07) is 12.3. The smallest absolute Gasteiger partial charge is 0.243 e. The average Bonchev–Trinajstić information content (AvgIpc) is 2.88. The molecule has 1 N–H and O–H groups in total. The van der Waals surface area contributed by atoms with Gasteiger partial charge >= 0.3 is 0 Å². The fraction of sp³-hybridized carbons (Fsp3) is 0.250. The number of nitrogens with zero attached hydrogens (tertiary/aromatic N) is 3. The number of pyridine rings is 1. The highest BCUT2D eigenvalue weighted by molar-refractivity contribution is 5.44. The normalized spacial score (nSPS) is 11.0. The Morgan fingerprint density at radius 3 is 2.90 bits per heavy atom. The van der Waals surface area contributed by atoms with Crippen molar-refractivity contribution >= 4 is 11.6 Å². The van der Waals surface area contributed by atoms with Crippen LogP contribution >= 0.6 is 0 Å². The lowest BCUT2D eigenvalue weighted by molar-refractivity contribution is 0.185. The number of hydrogen-bond acceptors (Lipinski definition) is 4. The molecule has 5 heteroatoms. The van der Waals surface area contributed by atoms with Gasteiger partial charge in [-0.3, -0.25) is 0 Å². The van der Waals surface area contributed by atoms with E-state index in [1.165, 1.54) is 5.56 Å². The molecule has 0 fully saturated rings. The predicted molar refractivity (Wildman–Crippen MR) is 82.2 cm³/mol. The molecule has 2 aromatic heterocycles. The number of hydrogen-bond donors (Lipinski definition) is 1. The van der Waals surface area contributed by atoms with Crippen LogP contribution in [-0.2, 0) is 17.9 Å². The van der Waals surface area contributed by atoms with Gasteiger partial charge in [-0.1, -0.05) is 30.3 Å². The molecular weight excluding hydrogens is 264 g/mol. The fourth-order valence-corrected chi connectivity index (χ4v) is 2.24. The van der Waals surface area contributed by atoms with E-state index in [4.69, 9.17) is 4.74 Å². The highest BCUT2D eigenvalue weighted by atomic mass is 16.5. The predicted octanol–water partition coefficient (Wildman–Crippen LogP) is 2.80. The third-order valence-electron chi connectivity index (χ3n) is 3.23. The molecule has 0 saturated carbocycles. The van der Waals surface area contributed by atoms with Crippen LogP contribution in [0.3, 0.4) is 0 Å². The van der Waals surface area contributed by atoms with Crippen LogP contribution in [0.4, 0.5) is 5.95 Å². The van der Waals surface area contributed by atoms with Gasteiger partial charge in [0.05, 0.1) is 6.61 Å². The van der Waals surface area contributed by atoms with E-state index < -0.39 is 0 Å². The molecule has 0 radical (unpaired) electrons. The Kier molecular flexibility index (Phi) is 3.83. The molecule has 0 atom stereocenters. The van der Waals surface area contributed by atoms with Crippen molar-refractivity contribution < 1.29 is 4.74 Å². The van der Waals surface area contributed by atoms with Gasteiger partial charge < -0.3 is 10.1 Å². The molecule has 0 unspecified atom stereocenters. The first kappa shape index (κ1) is 13.6. The number of rotatable bonds is 5. The first-order chi connectivity index (χ1) is 10.2. The van der Waals surface area contributed by atoms with Gasteiger partial charge in [-0.25, -0.2) is 4.52 Å². The van der Waals surface area contributed by atoms with Crippen LogP contribution in [0.5, 0.6) is 0 Å². The average molecular weight is 282 g/mol. The largest absolute Gasteiger partial charge is 0.380 e. The van der Waals surface area contributed by atoms with Gasteiger partial charge in [0.2, 0.25) is 5.95 Å². The molecule has 108 valence electrons. The zero-order chi connectivity index (χ0) is 14.7. The van der Waals surface area contributed by atoms with Gasteiger partial charge in [-0.2, -0.15) is 4.98 Å². The van der Waals surface area contributed by atoms with Gasteiger partial charge in [0.15, 0.2) is 5.65 Å². The van der Waals surface area contributed by atoms with E-state index in [0.717, 1.165) is 16.8 Å². The van der Waals surface area contributed by atoms with Crippen LogP contribution in [0.1, 0.15) is 16.7 Å². The van der Waals surface area contributed by atoms with E-state index in [1.54, 1.807) is 11.6 Å². The van der Waals surface area contributed by atoms with Crippen LogP contribution < -0.4 is 5.32 Å². The number of fused-ring (bicyclic) bond motifs is 1. The van der Waals surface area contributed by atoms with E-state index in [9.17, 15) is 0 Å². The molecule has 0 aliphatic carbocycles. The van der Waals surface area contributed by atoms with Crippen LogP contribution in [0.2, 0.25) is 0 Å². The van der Waals surface area contributed by atoms with Crippen molar-refractivity contribution in [2.75, 3.05) is 12.4 Å². The number of methoxy groups -OCH3 is 1. The summed E-state index contributed by atoms with van der Waals surface area (Å²) in [5.41, 5.74) is 4.34. The molecule has 0 amide bonds. The number of benzene rings is 1. The Labute approximate surface area is 123 Å². The summed E-state index contributed by atoms with van der Waals surface area (Å²) in [7, 11) is 1.70. The second-order valence-corrected chi connectivity index (χ2v) is 5.05. The molecule has 0 aliphatic heterocycles. The van der Waals surface area contributed by atoms with Gasteiger partial charge in [-0.15, -0.1) is 5.10 Å². The molecule has 3 aromatic rings. The van der Waals surface area contributed by atoms with E-state index in [2.05, 4.69) is 33.6 Å². The van der Waals surface area contributed by atoms with Gasteiger partial charge in [-0.05, 0) is 29.7 Å². The van der Waals surface area contributed by atoms with Crippen molar-refractivity contribution in [3.63, 3.8) is 0 Å². The third kappa shape index (κ3) is 3.20. The lowest BCUT2D eigenvalue weighted by Gasteiger charge is -2.05. The summed E-state index contributed by atoms with van der Waals surface area (Å²) in [6.45, 7) is 3.35. The second kappa shape index (κ2) is 5.93. The fourth-order valence-electron chi connectivity index (χ4n) is 2.24. The number of anilines is 1. The lowest BCUT2D eigenvalue weighted by Crippen LogP contribution is -2.02. The van der Waals surface area contributed by atoms with Crippen LogP contribution in [0, 0.1) is 6.92 Å². The van der Waals surface area contributed by atoms with Crippen molar-refractivity contribution in [2.24, 2.45) is 0 Å². The van der Waals surface area contributed by atoms with Crippen LogP contribution in [0.25, 0.3) is 5.65 Å². The number of aromatic nitrogens is 3. The van der Waals surface area contributed by atoms with Gasteiger partial charge in [0.25, 0.3) is 0 Å². The summed E-state index contributed by atoms with van der Waals surface area (Å²) in [5, 5.41) is 7.67. The summed E-state index contributed by atoms with van der Waals surface area (Å²) in [6.07, 6.45) is 1.97. The minimum atomic E-state index is 0.625. The lowest BCUT2D eigenvalue weighted by atomic mass is 10.1. The minimum Gasteiger partial charge on any atom is -0.380 e. The van der Waals surface area contributed by atoms with Crippen molar-refractivity contribution in [1.82, 2.24) is 14.6 Å². The third-order valence-corrected chi connectivity index (χ3v) is 3.23. The molecule has 3 rings (SSSR count). The second-order valence-electron chi connectivity index (χ2n) is 5.05. The topological polar surface area (TPSA) is 51.5 Å². The molecule has 5 nitrogen and oxygen atoms in total. The monoisotopic (exact) mass is 282 g/mol. The molecule has 21 heavy (non-hydrogen) atoms. The molecule has 1 aromatic carbocycles. The maximum absolute atomic E-state index is 5.15. The summed E-state index contributed by atoms with van der Waals surface area (Å²) >= 11 is 0. The van der Waals surface area contributed by atoms with Crippen LogP contribution in [-0.4, -0.2) is 21.7 Å².